The lowest BCUT2D eigenvalue weighted by atomic mass is 10.3. The number of amides is 2. The minimum atomic E-state index is -3.62. The molecule has 2 aromatic rings. The van der Waals surface area contributed by atoms with Gasteiger partial charge in [0.15, 0.2) is 0 Å². The summed E-state index contributed by atoms with van der Waals surface area (Å²) in [6.07, 6.45) is 3.01. The minimum absolute atomic E-state index is 0.0845. The van der Waals surface area contributed by atoms with E-state index in [4.69, 9.17) is 0 Å². The maximum atomic E-state index is 12.6. The van der Waals surface area contributed by atoms with Crippen molar-refractivity contribution in [3.63, 3.8) is 0 Å². The van der Waals surface area contributed by atoms with Crippen molar-refractivity contribution in [3.8, 4) is 0 Å². The topological polar surface area (TPSA) is 131 Å². The maximum absolute atomic E-state index is 12.6. The molecule has 2 aromatic heterocycles. The molecule has 1 aliphatic rings. The van der Waals surface area contributed by atoms with Crippen LogP contribution in [0, 0.1) is 0 Å². The first-order chi connectivity index (χ1) is 15.3. The molecule has 11 nitrogen and oxygen atoms in total. The zero-order valence-corrected chi connectivity index (χ0v) is 18.2. The van der Waals surface area contributed by atoms with E-state index in [0.717, 1.165) is 0 Å². The second-order valence-corrected chi connectivity index (χ2v) is 9.37. The lowest BCUT2D eigenvalue weighted by molar-refractivity contribution is -0.133. The van der Waals surface area contributed by atoms with Crippen molar-refractivity contribution in [1.82, 2.24) is 23.7 Å². The molecule has 32 heavy (non-hydrogen) atoms. The molecule has 0 aromatic carbocycles. The Labute approximate surface area is 184 Å². The van der Waals surface area contributed by atoms with Crippen molar-refractivity contribution >= 4 is 21.8 Å². The summed E-state index contributed by atoms with van der Waals surface area (Å²) in [6.45, 7) is 0.370. The number of nitrogens with one attached hydrogen (secondary N) is 1. The number of nitrogens with zero attached hydrogens (tertiary/aromatic N) is 4. The SMILES string of the molecule is O=C(Cn1ccccc1=O)NCCS(=O)(=O)N1CCN(C(=O)Cn2ccccc2=O)CC1. The number of hydrogen-bond acceptors (Lipinski definition) is 6. The number of rotatable bonds is 8. The molecule has 12 heteroatoms. The fraction of sp³-hybridized carbons (Fsp3) is 0.400. The van der Waals surface area contributed by atoms with E-state index in [1.807, 2.05) is 0 Å². The van der Waals surface area contributed by atoms with Crippen LogP contribution in [0.15, 0.2) is 58.4 Å². The van der Waals surface area contributed by atoms with Crippen molar-refractivity contribution in [1.29, 1.82) is 0 Å². The van der Waals surface area contributed by atoms with Gasteiger partial charge >= 0.3 is 0 Å². The molecule has 0 radical (unpaired) electrons. The molecule has 0 unspecified atom stereocenters. The number of aromatic nitrogens is 2. The number of pyridine rings is 2. The highest BCUT2D eigenvalue weighted by molar-refractivity contribution is 7.89. The van der Waals surface area contributed by atoms with Gasteiger partial charge in [0.1, 0.15) is 13.1 Å². The quantitative estimate of drug-likeness (QED) is 0.497. The van der Waals surface area contributed by atoms with Crippen molar-refractivity contribution < 1.29 is 18.0 Å². The number of carbonyl (C=O) groups excluding carboxylic acids is 2. The maximum Gasteiger partial charge on any atom is 0.250 e. The Morgan fingerprint density at radius 2 is 1.41 bits per heavy atom. The van der Waals surface area contributed by atoms with Crippen LogP contribution in [-0.2, 0) is 32.7 Å². The van der Waals surface area contributed by atoms with E-state index in [-0.39, 0.29) is 68.6 Å². The van der Waals surface area contributed by atoms with E-state index in [1.54, 1.807) is 24.3 Å². The van der Waals surface area contributed by atoms with Crippen LogP contribution in [0.5, 0.6) is 0 Å². The second kappa shape index (κ2) is 10.4. The first-order valence-electron chi connectivity index (χ1n) is 10.1. The van der Waals surface area contributed by atoms with Crippen LogP contribution in [0.2, 0.25) is 0 Å². The Balaban J connectivity index is 1.44. The van der Waals surface area contributed by atoms with Gasteiger partial charge in [0.05, 0.1) is 5.75 Å². The molecule has 172 valence electrons. The molecule has 1 fully saturated rings. The monoisotopic (exact) mass is 463 g/mol. The summed E-state index contributed by atoms with van der Waals surface area (Å²) >= 11 is 0. The van der Waals surface area contributed by atoms with Crippen LogP contribution in [0.25, 0.3) is 0 Å². The molecule has 1 N–H and O–H groups in total. The summed E-state index contributed by atoms with van der Waals surface area (Å²) in [6, 6.07) is 9.15. The molecular weight excluding hydrogens is 438 g/mol. The van der Waals surface area contributed by atoms with Gasteiger partial charge in [-0.15, -0.1) is 0 Å². The van der Waals surface area contributed by atoms with Gasteiger partial charge in [-0.05, 0) is 12.1 Å². The van der Waals surface area contributed by atoms with Gasteiger partial charge in [0, 0.05) is 57.3 Å². The van der Waals surface area contributed by atoms with Crippen molar-refractivity contribution in [2.45, 2.75) is 13.1 Å². The predicted molar refractivity (Wildman–Crippen MR) is 116 cm³/mol. The smallest absolute Gasteiger partial charge is 0.250 e. The molecule has 0 bridgehead atoms. The van der Waals surface area contributed by atoms with Gasteiger partial charge in [-0.2, -0.15) is 4.31 Å². The fourth-order valence-corrected chi connectivity index (χ4v) is 4.64. The van der Waals surface area contributed by atoms with E-state index in [2.05, 4.69) is 5.32 Å². The zero-order chi connectivity index (χ0) is 23.1. The summed E-state index contributed by atoms with van der Waals surface area (Å²) in [4.78, 5) is 49.3. The lowest BCUT2D eigenvalue weighted by Crippen LogP contribution is -2.52. The van der Waals surface area contributed by atoms with Gasteiger partial charge in [-0.25, -0.2) is 8.42 Å². The highest BCUT2D eigenvalue weighted by Gasteiger charge is 2.28. The van der Waals surface area contributed by atoms with Crippen LogP contribution in [0.3, 0.4) is 0 Å². The van der Waals surface area contributed by atoms with Gasteiger partial charge in [-0.1, -0.05) is 12.1 Å². The molecule has 1 aliphatic heterocycles. The fourth-order valence-electron chi connectivity index (χ4n) is 3.30. The minimum Gasteiger partial charge on any atom is -0.353 e. The summed E-state index contributed by atoms with van der Waals surface area (Å²) in [5.74, 6) is -0.991. The number of carbonyl (C=O) groups is 2. The Hall–Kier alpha value is -3.25. The summed E-state index contributed by atoms with van der Waals surface area (Å²) in [7, 11) is -3.62. The average molecular weight is 464 g/mol. The first kappa shape index (κ1) is 23.4. The molecule has 0 atom stereocenters. The molecule has 0 spiro atoms. The third-order valence-corrected chi connectivity index (χ3v) is 6.96. The Morgan fingerprint density at radius 3 is 1.97 bits per heavy atom. The molecule has 1 saturated heterocycles. The molecule has 2 amide bonds. The number of hydrogen-bond donors (Lipinski definition) is 1. The third-order valence-electron chi connectivity index (χ3n) is 5.08. The van der Waals surface area contributed by atoms with Gasteiger partial charge in [-0.3, -0.25) is 19.2 Å². The van der Waals surface area contributed by atoms with E-state index >= 15 is 0 Å². The van der Waals surface area contributed by atoms with Crippen LogP contribution >= 0.6 is 0 Å². The summed E-state index contributed by atoms with van der Waals surface area (Å²) in [5, 5.41) is 2.51. The Bertz CT molecular complexity index is 1180. The van der Waals surface area contributed by atoms with Gasteiger partial charge in [0.2, 0.25) is 21.8 Å². The predicted octanol–water partition coefficient (Wildman–Crippen LogP) is -1.70. The second-order valence-electron chi connectivity index (χ2n) is 7.28. The number of piperazine rings is 1. The van der Waals surface area contributed by atoms with E-state index in [9.17, 15) is 27.6 Å². The Morgan fingerprint density at radius 1 is 0.844 bits per heavy atom. The summed E-state index contributed by atoms with van der Waals surface area (Å²) in [5.41, 5.74) is -0.596. The third kappa shape index (κ3) is 6.14. The summed E-state index contributed by atoms with van der Waals surface area (Å²) < 4.78 is 28.9. The standard InChI is InChI=1S/C20H25N5O6S/c26-17(15-23-8-3-1-5-18(23)27)21-7-14-32(30,31)25-12-10-22(11-13-25)20(29)16-24-9-4-2-6-19(24)28/h1-6,8-9H,7,10-16H2,(H,21,26). The molecule has 0 aliphatic carbocycles. The molecular formula is C20H25N5O6S. The highest BCUT2D eigenvalue weighted by atomic mass is 32.2. The van der Waals surface area contributed by atoms with Crippen LogP contribution in [-0.4, -0.2) is 77.0 Å². The normalized spacial score (nSPS) is 14.8. The highest BCUT2D eigenvalue weighted by Crippen LogP contribution is 2.08. The average Bonchev–Trinajstić information content (AvgIpc) is 2.77. The van der Waals surface area contributed by atoms with E-state index < -0.39 is 15.9 Å². The van der Waals surface area contributed by atoms with Crippen molar-refractivity contribution in [2.24, 2.45) is 0 Å². The van der Waals surface area contributed by atoms with Crippen LogP contribution < -0.4 is 16.4 Å². The van der Waals surface area contributed by atoms with E-state index in [1.165, 1.54) is 42.9 Å². The van der Waals surface area contributed by atoms with Crippen LogP contribution in [0.4, 0.5) is 0 Å². The van der Waals surface area contributed by atoms with E-state index in [0.29, 0.717) is 0 Å². The first-order valence-corrected chi connectivity index (χ1v) is 11.7. The van der Waals surface area contributed by atoms with Crippen LogP contribution in [0.1, 0.15) is 0 Å². The van der Waals surface area contributed by atoms with Gasteiger partial charge < -0.3 is 19.4 Å². The largest absolute Gasteiger partial charge is 0.353 e. The van der Waals surface area contributed by atoms with Crippen molar-refractivity contribution in [2.75, 3.05) is 38.5 Å². The molecule has 0 saturated carbocycles. The Kier molecular flexibility index (Phi) is 7.59. The molecule has 3 rings (SSSR count). The van der Waals surface area contributed by atoms with Gasteiger partial charge in [0.25, 0.3) is 11.1 Å². The lowest BCUT2D eigenvalue weighted by Gasteiger charge is -2.34. The molecule has 3 heterocycles. The zero-order valence-electron chi connectivity index (χ0n) is 17.4. The van der Waals surface area contributed by atoms with Crippen molar-refractivity contribution in [3.05, 3.63) is 69.5 Å². The number of sulfonamides is 1.